The van der Waals surface area contributed by atoms with Gasteiger partial charge in [0.05, 0.1) is 27.7 Å². The number of aryl methyl sites for hydroxylation is 1. The zero-order valence-corrected chi connectivity index (χ0v) is 20.5. The lowest BCUT2D eigenvalue weighted by atomic mass is 9.87. The maximum atomic E-state index is 14.1. The topological polar surface area (TPSA) is 72.7 Å². The van der Waals surface area contributed by atoms with Crippen LogP contribution in [-0.4, -0.2) is 25.7 Å². The summed E-state index contributed by atoms with van der Waals surface area (Å²) in [7, 11) is 0. The van der Waals surface area contributed by atoms with Crippen LogP contribution in [0.15, 0.2) is 48.0 Å². The van der Waals surface area contributed by atoms with E-state index in [0.717, 1.165) is 10.2 Å². The fraction of sp³-hybridized carbons (Fsp3) is 0.250. The Bertz CT molecular complexity index is 1360. The second-order valence-corrected chi connectivity index (χ2v) is 9.95. The maximum absolute atomic E-state index is 14.1. The molecular weight excluding hydrogens is 480 g/mol. The molecule has 0 aliphatic heterocycles. The number of carbonyl (C=O) groups is 1. The highest BCUT2D eigenvalue weighted by molar-refractivity contribution is 7.14. The number of benzene rings is 1. The van der Waals surface area contributed by atoms with Gasteiger partial charge >= 0.3 is 0 Å². The number of para-hydroxylation sites is 1. The second kappa shape index (κ2) is 9.23. The molecule has 34 heavy (non-hydrogen) atoms. The molecule has 1 amide bonds. The van der Waals surface area contributed by atoms with Gasteiger partial charge in [0.1, 0.15) is 11.4 Å². The molecule has 3 aromatic heterocycles. The Morgan fingerprint density at radius 3 is 2.59 bits per heavy atom. The molecule has 0 radical (unpaired) electrons. The van der Waals surface area contributed by atoms with Crippen molar-refractivity contribution in [2.75, 3.05) is 5.32 Å². The number of hydrogen-bond donors (Lipinski definition) is 1. The number of thiazole rings is 1. The molecule has 6 nitrogen and oxygen atoms in total. The third-order valence-corrected chi connectivity index (χ3v) is 6.30. The predicted octanol–water partition coefficient (Wildman–Crippen LogP) is 6.84. The summed E-state index contributed by atoms with van der Waals surface area (Å²) in [5.41, 5.74) is 1.98. The van der Waals surface area contributed by atoms with Gasteiger partial charge in [0.2, 0.25) is 0 Å². The van der Waals surface area contributed by atoms with E-state index in [1.165, 1.54) is 18.3 Å². The van der Waals surface area contributed by atoms with E-state index in [2.05, 4.69) is 41.2 Å². The highest BCUT2D eigenvalue weighted by atomic mass is 35.5. The molecule has 3 heterocycles. The summed E-state index contributed by atoms with van der Waals surface area (Å²) < 4.78 is 29.2. The second-order valence-electron chi connectivity index (χ2n) is 8.68. The first-order valence-corrected chi connectivity index (χ1v) is 11.7. The molecule has 0 aliphatic carbocycles. The van der Waals surface area contributed by atoms with Gasteiger partial charge in [0, 0.05) is 11.6 Å². The number of anilines is 1. The summed E-state index contributed by atoms with van der Waals surface area (Å²) in [4.78, 5) is 21.9. The summed E-state index contributed by atoms with van der Waals surface area (Å²) in [6, 6.07) is 10.4. The van der Waals surface area contributed by atoms with Gasteiger partial charge in [-0.15, -0.1) is 11.3 Å². The number of hydrogen-bond acceptors (Lipinski definition) is 5. The molecule has 0 unspecified atom stereocenters. The predicted molar refractivity (Wildman–Crippen MR) is 130 cm³/mol. The number of aromatic nitrogens is 4. The summed E-state index contributed by atoms with van der Waals surface area (Å²) >= 11 is 7.37. The average Bonchev–Trinajstić information content (AvgIpc) is 3.38. The minimum atomic E-state index is -2.95. The smallest absolute Gasteiger partial charge is 0.281 e. The third-order valence-electron chi connectivity index (χ3n) is 5.22. The van der Waals surface area contributed by atoms with Gasteiger partial charge in [-0.05, 0) is 42.2 Å². The van der Waals surface area contributed by atoms with Gasteiger partial charge in [-0.25, -0.2) is 18.4 Å². The highest BCUT2D eigenvalue weighted by Gasteiger charge is 2.29. The molecule has 0 saturated carbocycles. The van der Waals surface area contributed by atoms with Crippen molar-refractivity contribution in [2.24, 2.45) is 0 Å². The maximum Gasteiger partial charge on any atom is 0.281 e. The van der Waals surface area contributed by atoms with Crippen molar-refractivity contribution in [3.63, 3.8) is 0 Å². The van der Waals surface area contributed by atoms with E-state index in [9.17, 15) is 13.6 Å². The molecule has 0 bridgehead atoms. The van der Waals surface area contributed by atoms with E-state index in [1.54, 1.807) is 35.8 Å². The number of pyridine rings is 1. The number of halogens is 3. The summed E-state index contributed by atoms with van der Waals surface area (Å²) in [6.45, 7) is 7.81. The van der Waals surface area contributed by atoms with Crippen molar-refractivity contribution in [3.8, 4) is 17.1 Å². The van der Waals surface area contributed by atoms with Crippen LogP contribution >= 0.6 is 22.9 Å². The van der Waals surface area contributed by atoms with E-state index in [-0.39, 0.29) is 32.5 Å². The summed E-state index contributed by atoms with van der Waals surface area (Å²) in [5, 5.41) is 9.08. The van der Waals surface area contributed by atoms with Crippen molar-refractivity contribution in [3.05, 3.63) is 75.5 Å². The number of amides is 1. The van der Waals surface area contributed by atoms with Gasteiger partial charge in [0.25, 0.3) is 12.3 Å². The van der Waals surface area contributed by atoms with E-state index in [1.807, 2.05) is 12.1 Å². The van der Waals surface area contributed by atoms with Crippen LogP contribution in [0.5, 0.6) is 0 Å². The summed E-state index contributed by atoms with van der Waals surface area (Å²) in [5.74, 6) is -0.719. The van der Waals surface area contributed by atoms with Gasteiger partial charge in [0.15, 0.2) is 5.13 Å². The van der Waals surface area contributed by atoms with Crippen LogP contribution in [0.1, 0.15) is 54.5 Å². The monoisotopic (exact) mass is 501 g/mol. The van der Waals surface area contributed by atoms with Gasteiger partial charge < -0.3 is 0 Å². The highest BCUT2D eigenvalue weighted by Crippen LogP contribution is 2.32. The number of carbonyl (C=O) groups excluding carboxylic acids is 1. The van der Waals surface area contributed by atoms with Gasteiger partial charge in [-0.2, -0.15) is 5.10 Å². The Labute approximate surface area is 204 Å². The molecule has 0 aliphatic rings. The standard InChI is InChI=1S/C24H22ClF2N5OS/c1-13-19(20(21(26)27)32(31-13)18-8-6-5-7-15(18)25)22(33)30-23-29-17(12-34-23)16-11-14(9-10-28-16)24(2,3)4/h5-12,21H,1-4H3,(H,29,30,33). The number of nitrogens with zero attached hydrogens (tertiary/aromatic N) is 4. The number of nitrogens with one attached hydrogen (secondary N) is 1. The number of alkyl halides is 2. The molecule has 1 N–H and O–H groups in total. The molecule has 0 spiro atoms. The Morgan fingerprint density at radius 2 is 1.91 bits per heavy atom. The quantitative estimate of drug-likeness (QED) is 0.325. The lowest BCUT2D eigenvalue weighted by Crippen LogP contribution is -2.15. The summed E-state index contributed by atoms with van der Waals surface area (Å²) in [6.07, 6.45) is -1.23. The minimum absolute atomic E-state index is 0.0598. The normalized spacial score (nSPS) is 11.8. The molecule has 1 aromatic carbocycles. The molecule has 4 aromatic rings. The van der Waals surface area contributed by atoms with E-state index >= 15 is 0 Å². The first-order valence-electron chi connectivity index (χ1n) is 10.4. The number of rotatable bonds is 5. The Hall–Kier alpha value is -3.17. The molecule has 0 fully saturated rings. The third kappa shape index (κ3) is 4.71. The Morgan fingerprint density at radius 1 is 1.18 bits per heavy atom. The van der Waals surface area contributed by atoms with Gasteiger partial charge in [-0.1, -0.05) is 44.5 Å². The van der Waals surface area contributed by atoms with Crippen LogP contribution in [0.4, 0.5) is 13.9 Å². The molecule has 0 atom stereocenters. The zero-order valence-electron chi connectivity index (χ0n) is 18.9. The van der Waals surface area contributed by atoms with E-state index in [4.69, 9.17) is 11.6 Å². The lowest BCUT2D eigenvalue weighted by Gasteiger charge is -2.18. The molecular formula is C24H22ClF2N5OS. The Balaban J connectivity index is 1.65. The molecule has 176 valence electrons. The Kier molecular flexibility index (Phi) is 6.51. The van der Waals surface area contributed by atoms with Crippen molar-refractivity contribution in [1.29, 1.82) is 0 Å². The first kappa shape index (κ1) is 24.0. The van der Waals surface area contributed by atoms with Crippen LogP contribution in [0.2, 0.25) is 5.02 Å². The largest absolute Gasteiger partial charge is 0.298 e. The lowest BCUT2D eigenvalue weighted by molar-refractivity contribution is 0.100. The van der Waals surface area contributed by atoms with Crippen LogP contribution in [0, 0.1) is 6.92 Å². The SMILES string of the molecule is Cc1nn(-c2ccccc2Cl)c(C(F)F)c1C(=O)Nc1nc(-c2cc(C(C)(C)C)ccn2)cs1. The van der Waals surface area contributed by atoms with Crippen LogP contribution in [0.25, 0.3) is 17.1 Å². The molecule has 10 heteroatoms. The van der Waals surface area contributed by atoms with Crippen LogP contribution in [0.3, 0.4) is 0 Å². The molecule has 0 saturated heterocycles. The average molecular weight is 502 g/mol. The van der Waals surface area contributed by atoms with Crippen molar-refractivity contribution < 1.29 is 13.6 Å². The fourth-order valence-electron chi connectivity index (χ4n) is 3.48. The zero-order chi connectivity index (χ0) is 24.6. The molecule has 4 rings (SSSR count). The van der Waals surface area contributed by atoms with Crippen molar-refractivity contribution in [1.82, 2.24) is 19.7 Å². The van der Waals surface area contributed by atoms with Crippen molar-refractivity contribution >= 4 is 34.0 Å². The van der Waals surface area contributed by atoms with Crippen LogP contribution < -0.4 is 5.32 Å². The van der Waals surface area contributed by atoms with Crippen LogP contribution in [-0.2, 0) is 5.41 Å². The fourth-order valence-corrected chi connectivity index (χ4v) is 4.40. The van der Waals surface area contributed by atoms with Gasteiger partial charge in [-0.3, -0.25) is 15.1 Å². The van der Waals surface area contributed by atoms with Crippen molar-refractivity contribution in [2.45, 2.75) is 39.5 Å². The minimum Gasteiger partial charge on any atom is -0.298 e. The van der Waals surface area contributed by atoms with E-state index in [0.29, 0.717) is 11.4 Å². The first-order chi connectivity index (χ1) is 16.1. The van der Waals surface area contributed by atoms with E-state index < -0.39 is 18.0 Å².